The molecule has 9 heteroatoms. The molecule has 1 saturated heterocycles. The average Bonchev–Trinajstić information content (AvgIpc) is 2.73. The number of para-hydroxylation sites is 1. The van der Waals surface area contributed by atoms with Gasteiger partial charge in [-0.3, -0.25) is 14.5 Å². The maximum atomic E-state index is 12.7. The van der Waals surface area contributed by atoms with Crippen molar-refractivity contribution in [3.8, 4) is 0 Å². The van der Waals surface area contributed by atoms with Crippen LogP contribution in [0.5, 0.6) is 0 Å². The predicted octanol–water partition coefficient (Wildman–Crippen LogP) is 2.01. The summed E-state index contributed by atoms with van der Waals surface area (Å²) in [4.78, 5) is 27.3. The number of amides is 2. The SMILES string of the molecule is C[C@H](C(=O)Nc1ccc(S(N)(=O)=O)cc1)N1CCC[C@@H](C(=O)Nc2ccccc2)C1. The van der Waals surface area contributed by atoms with Gasteiger partial charge in [0, 0.05) is 17.9 Å². The van der Waals surface area contributed by atoms with Crippen molar-refractivity contribution in [2.75, 3.05) is 23.7 Å². The molecule has 0 unspecified atom stereocenters. The summed E-state index contributed by atoms with van der Waals surface area (Å²) >= 11 is 0. The van der Waals surface area contributed by atoms with Gasteiger partial charge in [0.05, 0.1) is 16.9 Å². The number of hydrogen-bond donors (Lipinski definition) is 3. The molecule has 1 heterocycles. The third-order valence-corrected chi connectivity index (χ3v) is 6.17. The summed E-state index contributed by atoms with van der Waals surface area (Å²) in [5.74, 6) is -0.456. The van der Waals surface area contributed by atoms with E-state index in [0.717, 1.165) is 25.1 Å². The first kappa shape index (κ1) is 21.9. The second-order valence-corrected chi connectivity index (χ2v) is 8.99. The molecule has 1 aliphatic heterocycles. The zero-order chi connectivity index (χ0) is 21.7. The van der Waals surface area contributed by atoms with Crippen molar-refractivity contribution >= 4 is 33.2 Å². The first-order chi connectivity index (χ1) is 14.2. The van der Waals surface area contributed by atoms with E-state index in [2.05, 4.69) is 10.6 Å². The largest absolute Gasteiger partial charge is 0.326 e. The number of piperidine rings is 1. The zero-order valence-electron chi connectivity index (χ0n) is 16.7. The molecule has 0 radical (unpaired) electrons. The van der Waals surface area contributed by atoms with Crippen molar-refractivity contribution in [3.63, 3.8) is 0 Å². The molecule has 0 saturated carbocycles. The molecule has 1 fully saturated rings. The van der Waals surface area contributed by atoms with Crippen LogP contribution in [0, 0.1) is 5.92 Å². The van der Waals surface area contributed by atoms with Crippen LogP contribution >= 0.6 is 0 Å². The molecular weight excluding hydrogens is 404 g/mol. The lowest BCUT2D eigenvalue weighted by atomic mass is 9.95. The number of anilines is 2. The molecular formula is C21H26N4O4S. The van der Waals surface area contributed by atoms with Gasteiger partial charge in [-0.2, -0.15) is 0 Å². The van der Waals surface area contributed by atoms with Crippen molar-refractivity contribution < 1.29 is 18.0 Å². The molecule has 2 aromatic rings. The third kappa shape index (κ3) is 5.65. The Kier molecular flexibility index (Phi) is 6.86. The smallest absolute Gasteiger partial charge is 0.241 e. The maximum absolute atomic E-state index is 12.7. The number of nitrogens with one attached hydrogen (secondary N) is 2. The first-order valence-corrected chi connectivity index (χ1v) is 11.3. The molecule has 8 nitrogen and oxygen atoms in total. The van der Waals surface area contributed by atoms with E-state index in [4.69, 9.17) is 5.14 Å². The van der Waals surface area contributed by atoms with Gasteiger partial charge in [-0.25, -0.2) is 13.6 Å². The van der Waals surface area contributed by atoms with Gasteiger partial charge in [-0.1, -0.05) is 18.2 Å². The first-order valence-electron chi connectivity index (χ1n) is 9.78. The molecule has 30 heavy (non-hydrogen) atoms. The minimum absolute atomic E-state index is 0.0168. The lowest BCUT2D eigenvalue weighted by molar-refractivity contribution is -0.125. The maximum Gasteiger partial charge on any atom is 0.241 e. The number of nitrogens with two attached hydrogens (primary N) is 1. The Balaban J connectivity index is 1.58. The van der Waals surface area contributed by atoms with Gasteiger partial charge in [0.1, 0.15) is 0 Å². The topological polar surface area (TPSA) is 122 Å². The number of carbonyl (C=O) groups is 2. The molecule has 2 aromatic carbocycles. The van der Waals surface area contributed by atoms with Crippen molar-refractivity contribution in [1.82, 2.24) is 4.90 Å². The summed E-state index contributed by atoms with van der Waals surface area (Å²) < 4.78 is 22.7. The van der Waals surface area contributed by atoms with Gasteiger partial charge in [-0.15, -0.1) is 0 Å². The van der Waals surface area contributed by atoms with E-state index in [9.17, 15) is 18.0 Å². The molecule has 0 aromatic heterocycles. The fourth-order valence-corrected chi connectivity index (χ4v) is 3.99. The number of sulfonamides is 1. The molecule has 3 rings (SSSR count). The minimum Gasteiger partial charge on any atom is -0.326 e. The van der Waals surface area contributed by atoms with E-state index in [1.165, 1.54) is 24.3 Å². The summed E-state index contributed by atoms with van der Waals surface area (Å²) in [5.41, 5.74) is 1.24. The van der Waals surface area contributed by atoms with Gasteiger partial charge in [0.25, 0.3) is 0 Å². The van der Waals surface area contributed by atoms with E-state index in [1.807, 2.05) is 35.2 Å². The summed E-state index contributed by atoms with van der Waals surface area (Å²) in [6, 6.07) is 14.6. The summed E-state index contributed by atoms with van der Waals surface area (Å²) in [6.07, 6.45) is 1.60. The van der Waals surface area contributed by atoms with Gasteiger partial charge in [-0.05, 0) is 62.7 Å². The molecule has 160 valence electrons. The summed E-state index contributed by atoms with van der Waals surface area (Å²) in [7, 11) is -3.78. The van der Waals surface area contributed by atoms with Crippen LogP contribution in [0.2, 0.25) is 0 Å². The molecule has 2 atom stereocenters. The Labute approximate surface area is 176 Å². The second-order valence-electron chi connectivity index (χ2n) is 7.42. The summed E-state index contributed by atoms with van der Waals surface area (Å²) in [5, 5.41) is 10.8. The van der Waals surface area contributed by atoms with E-state index >= 15 is 0 Å². The van der Waals surface area contributed by atoms with Crippen LogP contribution in [-0.2, 0) is 19.6 Å². The van der Waals surface area contributed by atoms with Gasteiger partial charge in [0.15, 0.2) is 0 Å². The van der Waals surface area contributed by atoms with E-state index in [0.29, 0.717) is 12.2 Å². The van der Waals surface area contributed by atoms with Gasteiger partial charge >= 0.3 is 0 Å². The van der Waals surface area contributed by atoms with Crippen molar-refractivity contribution in [1.29, 1.82) is 0 Å². The molecule has 1 aliphatic rings. The van der Waals surface area contributed by atoms with Crippen molar-refractivity contribution in [2.45, 2.75) is 30.7 Å². The van der Waals surface area contributed by atoms with Crippen LogP contribution in [0.3, 0.4) is 0 Å². The Bertz CT molecular complexity index is 993. The normalized spacial score (nSPS) is 18.4. The monoisotopic (exact) mass is 430 g/mol. The highest BCUT2D eigenvalue weighted by Gasteiger charge is 2.31. The number of carbonyl (C=O) groups excluding carboxylic acids is 2. The second kappa shape index (κ2) is 9.38. The van der Waals surface area contributed by atoms with E-state index in [-0.39, 0.29) is 22.6 Å². The number of benzene rings is 2. The standard InChI is InChI=1S/C21H26N4O4S/c1-15(20(26)23-18-9-11-19(12-10-18)30(22,28)29)25-13-5-6-16(14-25)21(27)24-17-7-3-2-4-8-17/h2-4,7-12,15-16H,5-6,13-14H2,1H3,(H,23,26)(H,24,27)(H2,22,28,29)/t15-,16-/m1/s1. The fraction of sp³-hybridized carbons (Fsp3) is 0.333. The molecule has 0 aliphatic carbocycles. The Morgan fingerprint density at radius 2 is 1.67 bits per heavy atom. The lowest BCUT2D eigenvalue weighted by Crippen LogP contribution is -2.49. The highest BCUT2D eigenvalue weighted by atomic mass is 32.2. The zero-order valence-corrected chi connectivity index (χ0v) is 17.6. The quantitative estimate of drug-likeness (QED) is 0.647. The number of rotatable bonds is 6. The predicted molar refractivity (Wildman–Crippen MR) is 115 cm³/mol. The third-order valence-electron chi connectivity index (χ3n) is 5.24. The highest BCUT2D eigenvalue weighted by molar-refractivity contribution is 7.89. The van der Waals surface area contributed by atoms with E-state index < -0.39 is 16.1 Å². The molecule has 0 bridgehead atoms. The van der Waals surface area contributed by atoms with Crippen LogP contribution in [-0.4, -0.2) is 44.3 Å². The van der Waals surface area contributed by atoms with Crippen LogP contribution < -0.4 is 15.8 Å². The Hall–Kier alpha value is -2.75. The van der Waals surface area contributed by atoms with Crippen LogP contribution in [0.1, 0.15) is 19.8 Å². The number of primary sulfonamides is 1. The Morgan fingerprint density at radius 3 is 2.30 bits per heavy atom. The van der Waals surface area contributed by atoms with Crippen molar-refractivity contribution in [2.24, 2.45) is 11.1 Å². The van der Waals surface area contributed by atoms with Crippen LogP contribution in [0.4, 0.5) is 11.4 Å². The number of nitrogens with zero attached hydrogens (tertiary/aromatic N) is 1. The molecule has 2 amide bonds. The lowest BCUT2D eigenvalue weighted by Gasteiger charge is -2.35. The molecule has 4 N–H and O–H groups in total. The van der Waals surface area contributed by atoms with Gasteiger partial charge < -0.3 is 10.6 Å². The van der Waals surface area contributed by atoms with E-state index in [1.54, 1.807) is 6.92 Å². The average molecular weight is 431 g/mol. The highest BCUT2D eigenvalue weighted by Crippen LogP contribution is 2.21. The minimum atomic E-state index is -3.78. The Morgan fingerprint density at radius 1 is 1.03 bits per heavy atom. The summed E-state index contributed by atoms with van der Waals surface area (Å²) in [6.45, 7) is 3.02. The fourth-order valence-electron chi connectivity index (χ4n) is 3.48. The molecule has 0 spiro atoms. The number of likely N-dealkylation sites (tertiary alicyclic amines) is 1. The van der Waals surface area contributed by atoms with Gasteiger partial charge in [0.2, 0.25) is 21.8 Å². The van der Waals surface area contributed by atoms with Crippen LogP contribution in [0.15, 0.2) is 59.5 Å². The van der Waals surface area contributed by atoms with Crippen molar-refractivity contribution in [3.05, 3.63) is 54.6 Å². The van der Waals surface area contributed by atoms with Crippen LogP contribution in [0.25, 0.3) is 0 Å². The number of hydrogen-bond acceptors (Lipinski definition) is 5.